The van der Waals surface area contributed by atoms with Crippen LogP contribution in [-0.4, -0.2) is 20.4 Å². The first-order valence-corrected chi connectivity index (χ1v) is 20.0. The molecule has 0 aliphatic carbocycles. The number of nitrogens with zero attached hydrogens (tertiary/aromatic N) is 4. The van der Waals surface area contributed by atoms with Crippen LogP contribution in [0, 0.1) is 83.1 Å². The summed E-state index contributed by atoms with van der Waals surface area (Å²) < 4.78 is 12.8. The van der Waals surface area contributed by atoms with E-state index < -0.39 is 0 Å². The lowest BCUT2D eigenvalue weighted by atomic mass is 9.90. The van der Waals surface area contributed by atoms with Crippen LogP contribution in [0.5, 0.6) is 0 Å². The SMILES string of the molecule is Cc1ccc(C)c(-c2cc(C)c(-c3nnc(-c4cc(C)c(-c5cc(C)c(-c6nnc(-c7cc(C)c(-c8cc(C)ccc8C)cc7C)o6)cc5C)cc4C)o3)cc2C)c1. The summed E-state index contributed by atoms with van der Waals surface area (Å²) in [6.45, 7) is 25.6. The van der Waals surface area contributed by atoms with Gasteiger partial charge >= 0.3 is 0 Å². The van der Waals surface area contributed by atoms with Crippen LogP contribution in [0.4, 0.5) is 0 Å². The molecule has 0 aliphatic rings. The van der Waals surface area contributed by atoms with Gasteiger partial charge in [-0.05, 0) is 196 Å². The first-order valence-electron chi connectivity index (χ1n) is 20.0. The molecule has 0 saturated heterocycles. The fourth-order valence-corrected chi connectivity index (χ4v) is 8.28. The van der Waals surface area contributed by atoms with E-state index in [2.05, 4.69) is 188 Å². The summed E-state index contributed by atoms with van der Waals surface area (Å²) in [5.41, 5.74) is 24.9. The monoisotopic (exact) mass is 762 g/mol. The van der Waals surface area contributed by atoms with E-state index in [0.29, 0.717) is 23.6 Å². The van der Waals surface area contributed by atoms with E-state index in [1.54, 1.807) is 0 Å². The van der Waals surface area contributed by atoms with E-state index in [4.69, 9.17) is 8.83 Å². The molecule has 6 aromatic carbocycles. The normalized spacial score (nSPS) is 11.4. The highest BCUT2D eigenvalue weighted by molar-refractivity contribution is 5.81. The summed E-state index contributed by atoms with van der Waals surface area (Å²) >= 11 is 0. The van der Waals surface area contributed by atoms with E-state index in [1.807, 2.05) is 0 Å². The molecule has 6 heteroatoms. The lowest BCUT2D eigenvalue weighted by molar-refractivity contribution is 0.583. The van der Waals surface area contributed by atoms with Gasteiger partial charge in [-0.15, -0.1) is 20.4 Å². The molecule has 8 aromatic rings. The molecule has 0 radical (unpaired) electrons. The van der Waals surface area contributed by atoms with Gasteiger partial charge in [-0.2, -0.15) is 0 Å². The Labute approximate surface area is 342 Å². The molecule has 0 unspecified atom stereocenters. The van der Waals surface area contributed by atoms with Crippen molar-refractivity contribution in [2.24, 2.45) is 0 Å². The molecule has 0 N–H and O–H groups in total. The van der Waals surface area contributed by atoms with Crippen LogP contribution >= 0.6 is 0 Å². The molecule has 6 nitrogen and oxygen atoms in total. The molecule has 0 amide bonds. The average Bonchev–Trinajstić information content (AvgIpc) is 3.88. The van der Waals surface area contributed by atoms with Gasteiger partial charge in [0.1, 0.15) is 0 Å². The molecule has 8 rings (SSSR count). The van der Waals surface area contributed by atoms with Crippen molar-refractivity contribution in [2.75, 3.05) is 0 Å². The quantitative estimate of drug-likeness (QED) is 0.161. The smallest absolute Gasteiger partial charge is 0.248 e. The Morgan fingerprint density at radius 2 is 0.448 bits per heavy atom. The third-order valence-corrected chi connectivity index (χ3v) is 11.7. The Kier molecular flexibility index (Phi) is 9.84. The molecular weight excluding hydrogens is 713 g/mol. The van der Waals surface area contributed by atoms with Gasteiger partial charge < -0.3 is 8.83 Å². The topological polar surface area (TPSA) is 77.8 Å². The molecule has 0 fully saturated rings. The van der Waals surface area contributed by atoms with Gasteiger partial charge in [0.25, 0.3) is 0 Å². The van der Waals surface area contributed by atoms with Gasteiger partial charge in [0.05, 0.1) is 0 Å². The molecule has 0 bridgehead atoms. The molecule has 2 heterocycles. The number of aryl methyl sites for hydroxylation is 12. The zero-order valence-corrected chi connectivity index (χ0v) is 35.7. The van der Waals surface area contributed by atoms with E-state index in [1.165, 1.54) is 55.6 Å². The molecular formula is C52H50N4O2. The Bertz CT molecular complexity index is 2730. The predicted octanol–water partition coefficient (Wildman–Crippen LogP) is 13.8. The summed E-state index contributed by atoms with van der Waals surface area (Å²) in [7, 11) is 0. The Morgan fingerprint density at radius 1 is 0.241 bits per heavy atom. The zero-order valence-electron chi connectivity index (χ0n) is 35.7. The first-order chi connectivity index (χ1) is 27.7. The van der Waals surface area contributed by atoms with Crippen molar-refractivity contribution in [1.29, 1.82) is 0 Å². The minimum atomic E-state index is 0.513. The molecule has 0 spiro atoms. The zero-order chi connectivity index (χ0) is 41.2. The van der Waals surface area contributed by atoms with Crippen molar-refractivity contribution >= 4 is 0 Å². The lowest BCUT2D eigenvalue weighted by Gasteiger charge is -2.15. The molecule has 0 saturated carbocycles. The van der Waals surface area contributed by atoms with Gasteiger partial charge in [0, 0.05) is 22.3 Å². The average molecular weight is 763 g/mol. The van der Waals surface area contributed by atoms with Gasteiger partial charge in [0.2, 0.25) is 23.6 Å². The van der Waals surface area contributed by atoms with Gasteiger partial charge in [-0.1, -0.05) is 71.8 Å². The minimum Gasteiger partial charge on any atom is -0.416 e. The highest BCUT2D eigenvalue weighted by Crippen LogP contribution is 2.40. The minimum absolute atomic E-state index is 0.513. The fraction of sp³-hybridized carbons (Fsp3) is 0.231. The van der Waals surface area contributed by atoms with Crippen molar-refractivity contribution in [3.8, 4) is 79.2 Å². The van der Waals surface area contributed by atoms with Crippen molar-refractivity contribution in [3.05, 3.63) is 152 Å². The molecule has 0 aliphatic heterocycles. The number of benzene rings is 6. The van der Waals surface area contributed by atoms with Crippen LogP contribution in [0.2, 0.25) is 0 Å². The number of rotatable bonds is 7. The maximum Gasteiger partial charge on any atom is 0.248 e. The largest absolute Gasteiger partial charge is 0.416 e. The van der Waals surface area contributed by atoms with E-state index in [0.717, 1.165) is 66.8 Å². The molecule has 0 atom stereocenters. The molecule has 58 heavy (non-hydrogen) atoms. The van der Waals surface area contributed by atoms with Crippen LogP contribution in [0.1, 0.15) is 66.8 Å². The van der Waals surface area contributed by atoms with Crippen molar-refractivity contribution in [2.45, 2.75) is 83.1 Å². The van der Waals surface area contributed by atoms with Crippen LogP contribution in [0.3, 0.4) is 0 Å². The second kappa shape index (κ2) is 14.8. The van der Waals surface area contributed by atoms with Crippen molar-refractivity contribution < 1.29 is 8.83 Å². The molecule has 290 valence electrons. The standard InChI is InChI=1S/C52H50N4O2/c1-27-13-15-29(3)39(17-27)41-19-35(9)45(23-31(41)5)49-53-55-51(57-49)47-25-33(7)43(21-37(47)11)44-22-38(12)48(26-34(44)8)52-56-54-50(58-52)46-24-32(6)42(20-36(46)10)40-18-28(2)14-16-30(40)4/h13-26H,1-12H3. The summed E-state index contributed by atoms with van der Waals surface area (Å²) in [4.78, 5) is 0. The summed E-state index contributed by atoms with van der Waals surface area (Å²) in [5, 5.41) is 18.1. The van der Waals surface area contributed by atoms with Gasteiger partial charge in [0.15, 0.2) is 0 Å². The maximum absolute atomic E-state index is 6.41. The van der Waals surface area contributed by atoms with Gasteiger partial charge in [-0.3, -0.25) is 0 Å². The van der Waals surface area contributed by atoms with Crippen LogP contribution < -0.4 is 0 Å². The molecule has 2 aromatic heterocycles. The van der Waals surface area contributed by atoms with E-state index in [-0.39, 0.29) is 0 Å². The van der Waals surface area contributed by atoms with E-state index in [9.17, 15) is 0 Å². The number of hydrogen-bond donors (Lipinski definition) is 0. The lowest BCUT2D eigenvalue weighted by Crippen LogP contribution is -1.94. The van der Waals surface area contributed by atoms with Crippen LogP contribution in [-0.2, 0) is 0 Å². The second-order valence-corrected chi connectivity index (χ2v) is 16.4. The van der Waals surface area contributed by atoms with Crippen LogP contribution in [0.25, 0.3) is 79.2 Å². The summed E-state index contributed by atoms with van der Waals surface area (Å²) in [6.07, 6.45) is 0. The number of hydrogen-bond acceptors (Lipinski definition) is 6. The fourth-order valence-electron chi connectivity index (χ4n) is 8.28. The summed E-state index contributed by atoms with van der Waals surface area (Å²) in [6, 6.07) is 30.8. The third kappa shape index (κ3) is 6.97. The van der Waals surface area contributed by atoms with Gasteiger partial charge in [-0.25, -0.2) is 0 Å². The Hall–Kier alpha value is -6.40. The highest BCUT2D eigenvalue weighted by Gasteiger charge is 2.21. The second-order valence-electron chi connectivity index (χ2n) is 16.4. The van der Waals surface area contributed by atoms with Crippen molar-refractivity contribution in [1.82, 2.24) is 20.4 Å². The highest BCUT2D eigenvalue weighted by atomic mass is 16.4. The Morgan fingerprint density at radius 3 is 0.707 bits per heavy atom. The summed E-state index contributed by atoms with van der Waals surface area (Å²) in [5.74, 6) is 2.07. The number of aromatic nitrogens is 4. The maximum atomic E-state index is 6.41. The first kappa shape index (κ1) is 38.5. The van der Waals surface area contributed by atoms with Crippen molar-refractivity contribution in [3.63, 3.8) is 0 Å². The van der Waals surface area contributed by atoms with Crippen LogP contribution in [0.15, 0.2) is 93.8 Å². The third-order valence-electron chi connectivity index (χ3n) is 11.7. The Balaban J connectivity index is 1.06. The van der Waals surface area contributed by atoms with E-state index >= 15 is 0 Å². The predicted molar refractivity (Wildman–Crippen MR) is 237 cm³/mol.